The van der Waals surface area contributed by atoms with Gasteiger partial charge in [-0.05, 0) is 42.0 Å². The average Bonchev–Trinajstić information content (AvgIpc) is 3.13. The summed E-state index contributed by atoms with van der Waals surface area (Å²) in [5.41, 5.74) is 3.03. The molecule has 2 heterocycles. The Morgan fingerprint density at radius 1 is 1.31 bits per heavy atom. The molecule has 0 spiro atoms. The van der Waals surface area contributed by atoms with Crippen molar-refractivity contribution in [1.82, 2.24) is 9.78 Å². The van der Waals surface area contributed by atoms with Crippen LogP contribution in [0.15, 0.2) is 30.6 Å². The molecule has 1 fully saturated rings. The zero-order chi connectivity index (χ0) is 22.6. The second-order valence-corrected chi connectivity index (χ2v) is 9.45. The summed E-state index contributed by atoms with van der Waals surface area (Å²) in [6.45, 7) is 7.05. The molecule has 0 unspecified atom stereocenters. The normalized spacial score (nSPS) is 14.7. The van der Waals surface area contributed by atoms with E-state index in [2.05, 4.69) is 35.1 Å². The fraction of sp³-hybridized carbons (Fsp3) is 0.524. The molecular weight excluding hydrogens is 441 g/mol. The van der Waals surface area contributed by atoms with Crippen LogP contribution in [-0.2, 0) is 28.4 Å². The minimum Gasteiger partial charge on any atom is -0.424 e. The number of rotatable bonds is 7. The number of aromatic nitrogens is 2. The molecule has 2 amide bonds. The minimum absolute atomic E-state index is 0. The van der Waals surface area contributed by atoms with Crippen molar-refractivity contribution >= 4 is 27.6 Å². The van der Waals surface area contributed by atoms with Gasteiger partial charge in [0, 0.05) is 32.5 Å². The molecule has 0 bridgehead atoms. The molecule has 0 saturated carbocycles. The number of nitrogens with zero attached hydrogens (tertiary/aromatic N) is 4. The van der Waals surface area contributed by atoms with E-state index in [1.54, 1.807) is 13.2 Å². The smallest absolute Gasteiger partial charge is 0.424 e. The summed E-state index contributed by atoms with van der Waals surface area (Å²) in [5, 5.41) is 6.70. The van der Waals surface area contributed by atoms with Crippen molar-refractivity contribution in [3.63, 3.8) is 0 Å². The second-order valence-electron chi connectivity index (χ2n) is 7.98. The van der Waals surface area contributed by atoms with Crippen molar-refractivity contribution < 1.29 is 47.5 Å². The molecule has 0 aliphatic carbocycles. The number of hydrogen-bond donors (Lipinski definition) is 1. The molecule has 1 N–H and O–H groups in total. The summed E-state index contributed by atoms with van der Waals surface area (Å²) in [5.74, 6) is 0.275. The van der Waals surface area contributed by atoms with E-state index in [4.69, 9.17) is 4.74 Å². The largest absolute Gasteiger partial charge is 1.00 e. The molecule has 1 saturated heterocycles. The molecular formula is C21H30N5NaO4S. The summed E-state index contributed by atoms with van der Waals surface area (Å²) in [7, 11) is -2.58. The third kappa shape index (κ3) is 6.71. The molecule has 11 heteroatoms. The van der Waals surface area contributed by atoms with Crippen LogP contribution in [0.5, 0.6) is 0 Å². The second kappa shape index (κ2) is 11.5. The van der Waals surface area contributed by atoms with Gasteiger partial charge in [-0.3, -0.25) is 13.8 Å². The predicted molar refractivity (Wildman–Crippen MR) is 121 cm³/mol. The van der Waals surface area contributed by atoms with Crippen LogP contribution < -0.4 is 39.2 Å². The van der Waals surface area contributed by atoms with E-state index in [1.165, 1.54) is 15.2 Å². The van der Waals surface area contributed by atoms with Gasteiger partial charge in [0.1, 0.15) is 0 Å². The summed E-state index contributed by atoms with van der Waals surface area (Å²) >= 11 is 0. The fourth-order valence-corrected chi connectivity index (χ4v) is 4.89. The maximum absolute atomic E-state index is 13.2. The Kier molecular flexibility index (Phi) is 9.59. The first-order valence-electron chi connectivity index (χ1n) is 10.5. The fourth-order valence-electron chi connectivity index (χ4n) is 3.60. The van der Waals surface area contributed by atoms with Crippen LogP contribution in [0.4, 0.5) is 16.2 Å². The first kappa shape index (κ1) is 26.7. The first-order valence-corrected chi connectivity index (χ1v) is 11.9. The third-order valence-electron chi connectivity index (χ3n) is 5.26. The molecule has 0 radical (unpaired) electrons. The van der Waals surface area contributed by atoms with Gasteiger partial charge >= 0.3 is 29.6 Å². The van der Waals surface area contributed by atoms with E-state index in [1.807, 2.05) is 19.1 Å². The number of hydrogen-bond acceptors (Lipinski definition) is 5. The van der Waals surface area contributed by atoms with Crippen molar-refractivity contribution in [2.75, 3.05) is 22.8 Å². The van der Waals surface area contributed by atoms with Gasteiger partial charge in [0.25, 0.3) is 10.2 Å². The Balaban J connectivity index is 0.00000363. The Bertz CT molecular complexity index is 1020. The number of aryl methyl sites for hydroxylation is 2. The van der Waals surface area contributed by atoms with Crippen molar-refractivity contribution in [3.05, 3.63) is 46.4 Å². The molecule has 9 nitrogen and oxygen atoms in total. The molecule has 1 aromatic carbocycles. The van der Waals surface area contributed by atoms with Gasteiger partial charge < -0.3 is 14.8 Å². The van der Waals surface area contributed by atoms with E-state index in [-0.39, 0.29) is 41.5 Å². The molecule has 3 rings (SSSR count). The van der Waals surface area contributed by atoms with E-state index < -0.39 is 16.2 Å². The number of nitrogens with one attached hydrogen (secondary N) is 1. The SMILES string of the molecule is CCc1cc(NC(=O)[N-]S(=O)(=O)N(c2cnn(C)c2)C2CCOCC2)cc(C(C)C)c1.[Na+]. The van der Waals surface area contributed by atoms with Crippen LogP contribution in [0.3, 0.4) is 0 Å². The number of carbonyl (C=O) groups is 1. The van der Waals surface area contributed by atoms with Gasteiger partial charge in [0.2, 0.25) is 0 Å². The summed E-state index contributed by atoms with van der Waals surface area (Å²) in [6, 6.07) is 4.49. The van der Waals surface area contributed by atoms with E-state index in [9.17, 15) is 13.2 Å². The number of carbonyl (C=O) groups excluding carboxylic acids is 1. The molecule has 2 aromatic rings. The van der Waals surface area contributed by atoms with Gasteiger partial charge in [0.05, 0.1) is 11.9 Å². The van der Waals surface area contributed by atoms with Crippen molar-refractivity contribution in [1.29, 1.82) is 0 Å². The Hall–Kier alpha value is -1.59. The topological polar surface area (TPSA) is 108 Å². The Morgan fingerprint density at radius 3 is 2.56 bits per heavy atom. The van der Waals surface area contributed by atoms with Gasteiger partial charge in [-0.15, -0.1) is 0 Å². The monoisotopic (exact) mass is 471 g/mol. The molecule has 170 valence electrons. The van der Waals surface area contributed by atoms with Gasteiger partial charge in [-0.2, -0.15) is 5.10 Å². The quantitative estimate of drug-likeness (QED) is 0.605. The molecule has 0 atom stereocenters. The van der Waals surface area contributed by atoms with Crippen LogP contribution in [0.1, 0.15) is 50.7 Å². The number of benzene rings is 1. The number of anilines is 2. The summed E-state index contributed by atoms with van der Waals surface area (Å²) in [4.78, 5) is 12.6. The van der Waals surface area contributed by atoms with Crippen molar-refractivity contribution in [2.24, 2.45) is 7.05 Å². The minimum atomic E-state index is -4.29. The maximum Gasteiger partial charge on any atom is 1.00 e. The van der Waals surface area contributed by atoms with E-state index in [0.29, 0.717) is 37.4 Å². The maximum atomic E-state index is 13.2. The number of amides is 2. The van der Waals surface area contributed by atoms with Gasteiger partial charge in [-0.1, -0.05) is 39.0 Å². The van der Waals surface area contributed by atoms with Gasteiger partial charge in [-0.25, -0.2) is 8.42 Å². The Morgan fingerprint density at radius 2 is 2.00 bits per heavy atom. The number of urea groups is 1. The van der Waals surface area contributed by atoms with E-state index >= 15 is 0 Å². The standard InChI is InChI=1S/C21H31N5O4S.Na/c1-5-16-10-17(15(2)3)12-18(11-16)23-21(27)24-31(28,29)26(19-6-8-30-9-7-19)20-13-22-25(4)14-20;/h10-15,19H,5-9H2,1-4H3,(H2,23,24,27);/q;+1/p-1. The molecule has 1 aliphatic rings. The van der Waals surface area contributed by atoms with E-state index in [0.717, 1.165) is 17.5 Å². The zero-order valence-corrected chi connectivity index (χ0v) is 22.2. The predicted octanol–water partition coefficient (Wildman–Crippen LogP) is 0.946. The average molecular weight is 472 g/mol. The Labute approximate surface area is 212 Å². The van der Waals surface area contributed by atoms with Crippen molar-refractivity contribution in [2.45, 2.75) is 52.0 Å². The van der Waals surface area contributed by atoms with Crippen LogP contribution in [0, 0.1) is 0 Å². The van der Waals surface area contributed by atoms with Crippen LogP contribution in [0.2, 0.25) is 0 Å². The first-order chi connectivity index (χ1) is 14.7. The van der Waals surface area contributed by atoms with Crippen LogP contribution in [0.25, 0.3) is 4.72 Å². The zero-order valence-electron chi connectivity index (χ0n) is 19.4. The van der Waals surface area contributed by atoms with Gasteiger partial charge in [0.15, 0.2) is 6.03 Å². The molecule has 32 heavy (non-hydrogen) atoms. The number of ether oxygens (including phenoxy) is 1. The summed E-state index contributed by atoms with van der Waals surface area (Å²) in [6.07, 6.45) is 4.89. The van der Waals surface area contributed by atoms with Crippen LogP contribution in [-0.4, -0.2) is 43.5 Å². The van der Waals surface area contributed by atoms with Crippen LogP contribution >= 0.6 is 0 Å². The third-order valence-corrected chi connectivity index (χ3v) is 6.66. The summed E-state index contributed by atoms with van der Waals surface area (Å²) < 4.78 is 37.9. The molecule has 1 aliphatic heterocycles. The molecule has 1 aromatic heterocycles. The van der Waals surface area contributed by atoms with Crippen molar-refractivity contribution in [3.8, 4) is 0 Å².